The monoisotopic (exact) mass is 243 g/mol. The minimum Gasteiger partial charge on any atom is -0.369 e. The van der Waals surface area contributed by atoms with Crippen LogP contribution in [0.1, 0.15) is 12.8 Å². The van der Waals surface area contributed by atoms with Crippen molar-refractivity contribution in [1.29, 1.82) is 5.26 Å². The van der Waals surface area contributed by atoms with Crippen LogP contribution >= 0.6 is 0 Å². The Morgan fingerprint density at radius 2 is 2.44 bits per heavy atom. The van der Waals surface area contributed by atoms with Crippen molar-refractivity contribution in [2.24, 2.45) is 0 Å². The topological polar surface area (TPSA) is 83.1 Å². The van der Waals surface area contributed by atoms with E-state index < -0.39 is 4.92 Å². The molecule has 6 nitrogen and oxygen atoms in total. The van der Waals surface area contributed by atoms with Gasteiger partial charge in [-0.2, -0.15) is 0 Å². The second-order valence-corrected chi connectivity index (χ2v) is 4.28. The van der Waals surface area contributed by atoms with Gasteiger partial charge in [-0.3, -0.25) is 0 Å². The SMILES string of the molecule is N#C[B]C1CCCN(c2ccc([N+](=O)[O-])nc2)C1. The van der Waals surface area contributed by atoms with Crippen molar-refractivity contribution < 1.29 is 4.92 Å². The fourth-order valence-electron chi connectivity index (χ4n) is 2.16. The molecule has 0 N–H and O–H groups in total. The fraction of sp³-hybridized carbons (Fsp3) is 0.455. The van der Waals surface area contributed by atoms with Gasteiger partial charge in [-0.15, -0.1) is 0 Å². The molecule has 1 atom stereocenters. The van der Waals surface area contributed by atoms with E-state index in [1.165, 1.54) is 12.3 Å². The van der Waals surface area contributed by atoms with Crippen LogP contribution in [0.5, 0.6) is 0 Å². The van der Waals surface area contributed by atoms with Gasteiger partial charge in [0.05, 0.1) is 5.69 Å². The zero-order valence-corrected chi connectivity index (χ0v) is 9.82. The summed E-state index contributed by atoms with van der Waals surface area (Å²) in [4.78, 5) is 15.9. The van der Waals surface area contributed by atoms with Crippen LogP contribution in [0.4, 0.5) is 11.5 Å². The number of hydrogen-bond acceptors (Lipinski definition) is 5. The lowest BCUT2D eigenvalue weighted by molar-refractivity contribution is -0.389. The first-order chi connectivity index (χ1) is 8.70. The van der Waals surface area contributed by atoms with Gasteiger partial charge >= 0.3 is 5.82 Å². The Hall–Kier alpha value is -2.10. The molecular formula is C11H12BN4O2. The Kier molecular flexibility index (Phi) is 3.77. The smallest absolute Gasteiger partial charge is 0.363 e. The van der Waals surface area contributed by atoms with E-state index in [0.29, 0.717) is 0 Å². The van der Waals surface area contributed by atoms with E-state index in [9.17, 15) is 10.1 Å². The Bertz CT molecular complexity index is 471. The van der Waals surface area contributed by atoms with E-state index in [1.807, 2.05) is 0 Å². The molecule has 1 aromatic rings. The van der Waals surface area contributed by atoms with Crippen LogP contribution in [-0.4, -0.2) is 30.3 Å². The number of nitriles is 1. The van der Waals surface area contributed by atoms with Gasteiger partial charge in [0, 0.05) is 19.2 Å². The van der Waals surface area contributed by atoms with Gasteiger partial charge in [0.15, 0.2) is 6.20 Å². The van der Waals surface area contributed by atoms with Crippen molar-refractivity contribution in [3.05, 3.63) is 28.4 Å². The van der Waals surface area contributed by atoms with Gasteiger partial charge in [0.2, 0.25) is 0 Å². The summed E-state index contributed by atoms with van der Waals surface area (Å²) in [5, 5.41) is 19.2. The third kappa shape index (κ3) is 2.77. The maximum atomic E-state index is 10.5. The van der Waals surface area contributed by atoms with E-state index >= 15 is 0 Å². The van der Waals surface area contributed by atoms with Gasteiger partial charge in [-0.25, -0.2) is 5.26 Å². The predicted molar refractivity (Wildman–Crippen MR) is 67.5 cm³/mol. The number of rotatable bonds is 3. The molecule has 1 fully saturated rings. The first kappa shape index (κ1) is 12.4. The Morgan fingerprint density at radius 1 is 1.61 bits per heavy atom. The molecule has 0 amide bonds. The van der Waals surface area contributed by atoms with Crippen LogP contribution in [0, 0.1) is 21.3 Å². The standard InChI is InChI=1S/C11H12BN4O2/c13-8-12-9-2-1-5-15(7-9)10-3-4-11(14-6-10)16(17)18/h3-4,6,9H,1-2,5,7H2. The predicted octanol–water partition coefficient (Wildman–Crippen LogP) is 1.56. The third-order valence-corrected chi connectivity index (χ3v) is 3.05. The number of nitro groups is 1. The molecule has 1 aromatic heterocycles. The zero-order valence-electron chi connectivity index (χ0n) is 9.82. The molecule has 2 rings (SSSR count). The Morgan fingerprint density at radius 3 is 3.06 bits per heavy atom. The lowest BCUT2D eigenvalue weighted by atomic mass is 9.63. The molecule has 0 aliphatic carbocycles. The van der Waals surface area contributed by atoms with Crippen LogP contribution in [0.15, 0.2) is 18.3 Å². The maximum Gasteiger partial charge on any atom is 0.363 e. The molecule has 1 aliphatic heterocycles. The van der Waals surface area contributed by atoms with Crippen molar-refractivity contribution in [3.63, 3.8) is 0 Å². The summed E-state index contributed by atoms with van der Waals surface area (Å²) in [6.45, 7) is 1.67. The second kappa shape index (κ2) is 5.49. The molecule has 18 heavy (non-hydrogen) atoms. The lowest BCUT2D eigenvalue weighted by Crippen LogP contribution is -2.34. The Balaban J connectivity index is 2.07. The zero-order chi connectivity index (χ0) is 13.0. The average Bonchev–Trinajstić information content (AvgIpc) is 2.39. The quantitative estimate of drug-likeness (QED) is 0.457. The highest BCUT2D eigenvalue weighted by Gasteiger charge is 2.22. The lowest BCUT2D eigenvalue weighted by Gasteiger charge is -2.32. The van der Waals surface area contributed by atoms with E-state index in [4.69, 9.17) is 5.26 Å². The maximum absolute atomic E-state index is 10.5. The highest BCUT2D eigenvalue weighted by Crippen LogP contribution is 2.26. The van der Waals surface area contributed by atoms with Crippen LogP contribution in [-0.2, 0) is 0 Å². The molecule has 7 heteroatoms. The fourth-order valence-corrected chi connectivity index (χ4v) is 2.16. The summed E-state index contributed by atoms with van der Waals surface area (Å²) >= 11 is 0. The third-order valence-electron chi connectivity index (χ3n) is 3.05. The largest absolute Gasteiger partial charge is 0.369 e. The van der Waals surface area contributed by atoms with E-state index in [0.717, 1.165) is 31.6 Å². The number of aromatic nitrogens is 1. The normalized spacial score (nSPS) is 19.1. The number of hydrogen-bond donors (Lipinski definition) is 0. The second-order valence-electron chi connectivity index (χ2n) is 4.28. The molecule has 0 saturated carbocycles. The molecule has 1 radical (unpaired) electrons. The van der Waals surface area contributed by atoms with Gasteiger partial charge in [0.25, 0.3) is 7.28 Å². The van der Waals surface area contributed by atoms with E-state index in [-0.39, 0.29) is 11.6 Å². The molecule has 0 aromatic carbocycles. The van der Waals surface area contributed by atoms with Crippen LogP contribution in [0.25, 0.3) is 0 Å². The summed E-state index contributed by atoms with van der Waals surface area (Å²) < 4.78 is 0. The van der Waals surface area contributed by atoms with Crippen LogP contribution in [0.3, 0.4) is 0 Å². The molecular weight excluding hydrogens is 231 g/mol. The van der Waals surface area contributed by atoms with Gasteiger partial charge in [0.1, 0.15) is 0 Å². The highest BCUT2D eigenvalue weighted by molar-refractivity contribution is 6.47. The number of pyridine rings is 1. The minimum atomic E-state index is -0.508. The van der Waals surface area contributed by atoms with Gasteiger partial charge < -0.3 is 15.0 Å². The Labute approximate surface area is 106 Å². The minimum absolute atomic E-state index is 0.143. The van der Waals surface area contributed by atoms with Crippen molar-refractivity contribution in [1.82, 2.24) is 4.98 Å². The summed E-state index contributed by atoms with van der Waals surface area (Å²) in [6.07, 6.45) is 3.55. The van der Waals surface area contributed by atoms with Crippen molar-refractivity contribution in [2.75, 3.05) is 18.0 Å². The van der Waals surface area contributed by atoms with Crippen molar-refractivity contribution in [3.8, 4) is 5.97 Å². The summed E-state index contributed by atoms with van der Waals surface area (Å²) in [5.74, 6) is 2.20. The molecule has 1 aliphatic rings. The van der Waals surface area contributed by atoms with E-state index in [1.54, 1.807) is 13.3 Å². The number of anilines is 1. The van der Waals surface area contributed by atoms with Gasteiger partial charge in [-0.1, -0.05) is 6.42 Å². The van der Waals surface area contributed by atoms with Crippen LogP contribution < -0.4 is 4.90 Å². The summed E-state index contributed by atoms with van der Waals surface area (Å²) in [7, 11) is 1.66. The summed E-state index contributed by atoms with van der Waals surface area (Å²) in [6, 6.07) is 3.12. The summed E-state index contributed by atoms with van der Waals surface area (Å²) in [5.41, 5.74) is 0.872. The van der Waals surface area contributed by atoms with E-state index in [2.05, 4.69) is 15.9 Å². The highest BCUT2D eigenvalue weighted by atomic mass is 16.6. The van der Waals surface area contributed by atoms with Gasteiger partial charge in [-0.05, 0) is 34.2 Å². The molecule has 1 saturated heterocycles. The number of nitrogens with zero attached hydrogens (tertiary/aromatic N) is 4. The van der Waals surface area contributed by atoms with Crippen molar-refractivity contribution in [2.45, 2.75) is 18.7 Å². The average molecular weight is 243 g/mol. The van der Waals surface area contributed by atoms with Crippen molar-refractivity contribution >= 4 is 18.8 Å². The molecule has 91 valence electrons. The first-order valence-corrected chi connectivity index (χ1v) is 5.79. The van der Waals surface area contributed by atoms with Crippen LogP contribution in [0.2, 0.25) is 5.82 Å². The molecule has 0 bridgehead atoms. The number of piperidine rings is 1. The first-order valence-electron chi connectivity index (χ1n) is 5.79. The molecule has 0 spiro atoms. The molecule has 1 unspecified atom stereocenters. The molecule has 2 heterocycles.